The number of benzene rings is 2. The van der Waals surface area contributed by atoms with Gasteiger partial charge in [0.1, 0.15) is 30.0 Å². The third-order valence-corrected chi connectivity index (χ3v) is 13.2. The second kappa shape index (κ2) is 15.8. The van der Waals surface area contributed by atoms with Crippen LogP contribution in [0.5, 0.6) is 0 Å². The summed E-state index contributed by atoms with van der Waals surface area (Å²) in [7, 11) is 0. The molecule has 6 rings (SSSR count). The summed E-state index contributed by atoms with van der Waals surface area (Å²) < 4.78 is 24.0. The molecule has 0 radical (unpaired) electrons. The highest BCUT2D eigenvalue weighted by Gasteiger charge is 2.79. The number of aliphatic hydroxyl groups excluding tert-OH is 5. The Labute approximate surface area is 337 Å². The SMILES string of the molecule is CC(=O)O[C@@]12CO[C@@H]1C[C@H](O)[C@]1(C)C2C(OC(=O)c2ccccc2)[C@]2(O)[C@@H](O)[C@H](OC(=O)[C@H](O)[C@H](CC(C)C)NC(=O)c3ccccc3)C(C)=C([C@@H](O)[C@H]1O)C2(C)C. The molecule has 1 saturated heterocycles. The fraction of sp³-hybridized carbons (Fsp3) is 0.581. The van der Waals surface area contributed by atoms with Crippen molar-refractivity contribution in [3.8, 4) is 0 Å². The Kier molecular flexibility index (Phi) is 11.8. The third kappa shape index (κ3) is 6.83. The molecule has 13 atom stereocenters. The molecule has 2 aromatic carbocycles. The highest BCUT2D eigenvalue weighted by atomic mass is 16.6. The van der Waals surface area contributed by atoms with Gasteiger partial charge in [0.2, 0.25) is 0 Å². The monoisotopic (exact) mass is 809 g/mol. The van der Waals surface area contributed by atoms with E-state index in [9.17, 15) is 49.8 Å². The molecule has 2 unspecified atom stereocenters. The maximum absolute atomic E-state index is 14.1. The molecule has 0 spiro atoms. The molecule has 4 aliphatic rings. The van der Waals surface area contributed by atoms with Gasteiger partial charge in [0, 0.05) is 29.7 Å². The lowest BCUT2D eigenvalue weighted by atomic mass is 9.44. The van der Waals surface area contributed by atoms with Crippen LogP contribution in [0.2, 0.25) is 0 Å². The summed E-state index contributed by atoms with van der Waals surface area (Å²) in [6.07, 6.45) is -14.4. The molecule has 58 heavy (non-hydrogen) atoms. The van der Waals surface area contributed by atoms with E-state index in [1.54, 1.807) is 48.5 Å². The highest BCUT2D eigenvalue weighted by Crippen LogP contribution is 2.65. The van der Waals surface area contributed by atoms with E-state index in [0.717, 1.165) is 6.92 Å². The van der Waals surface area contributed by atoms with E-state index in [0.29, 0.717) is 0 Å². The van der Waals surface area contributed by atoms with Crippen molar-refractivity contribution in [1.82, 2.24) is 5.32 Å². The van der Waals surface area contributed by atoms with Gasteiger partial charge in [-0.1, -0.05) is 71.0 Å². The van der Waals surface area contributed by atoms with E-state index >= 15 is 0 Å². The smallest absolute Gasteiger partial charge is 0.338 e. The fourth-order valence-corrected chi connectivity index (χ4v) is 10.1. The molecule has 1 aliphatic heterocycles. The number of hydrogen-bond donors (Lipinski definition) is 7. The van der Waals surface area contributed by atoms with Crippen LogP contribution in [0.4, 0.5) is 0 Å². The van der Waals surface area contributed by atoms with E-state index in [1.165, 1.54) is 39.8 Å². The number of carbonyl (C=O) groups excluding carboxylic acids is 4. The molecule has 2 bridgehead atoms. The minimum atomic E-state index is -2.77. The lowest BCUT2D eigenvalue weighted by Crippen LogP contribution is -2.84. The van der Waals surface area contributed by atoms with Crippen molar-refractivity contribution < 1.29 is 68.8 Å². The normalized spacial score (nSPS) is 36.1. The first-order valence-corrected chi connectivity index (χ1v) is 19.6. The van der Waals surface area contributed by atoms with Crippen LogP contribution in [0.15, 0.2) is 71.8 Å². The van der Waals surface area contributed by atoms with Crippen molar-refractivity contribution in [1.29, 1.82) is 0 Å². The second-order valence-electron chi connectivity index (χ2n) is 17.4. The minimum Gasteiger partial charge on any atom is -0.455 e. The van der Waals surface area contributed by atoms with E-state index < -0.39 is 107 Å². The molecule has 2 aromatic rings. The van der Waals surface area contributed by atoms with Gasteiger partial charge in [-0.05, 0) is 54.7 Å². The molecule has 316 valence electrons. The Morgan fingerprint density at radius 1 is 0.897 bits per heavy atom. The number of nitrogens with one attached hydrogen (secondary N) is 1. The zero-order valence-electron chi connectivity index (χ0n) is 33.7. The molecular weight excluding hydrogens is 754 g/mol. The van der Waals surface area contributed by atoms with Gasteiger partial charge in [0.15, 0.2) is 17.8 Å². The standard InChI is InChI=1S/C43H55NO14/c1-21(2)18-26(44-37(51)24-14-10-8-11-15-24)30(47)39(53)56-32-22(3)29-31(48)34(49)41(7)27(46)19-28-42(20-55-28,58-23(4)45)33(41)36(43(54,35(32)50)40(29,5)6)57-38(52)25-16-12-9-13-17-25/h8-17,21,26-28,30-36,46-50,54H,18-20H2,1-7H3,(H,44,51)/t26-,27-,28+,30+,31+,32+,33?,34+,35-,36?,41+,42-,43+/m0/s1. The van der Waals surface area contributed by atoms with Gasteiger partial charge in [-0.3, -0.25) is 9.59 Å². The zero-order valence-corrected chi connectivity index (χ0v) is 33.7. The van der Waals surface area contributed by atoms with Gasteiger partial charge in [-0.15, -0.1) is 0 Å². The second-order valence-corrected chi connectivity index (χ2v) is 17.4. The molecule has 3 fully saturated rings. The molecule has 1 amide bonds. The van der Waals surface area contributed by atoms with Crippen LogP contribution in [0.3, 0.4) is 0 Å². The van der Waals surface area contributed by atoms with Gasteiger partial charge in [0.25, 0.3) is 5.91 Å². The van der Waals surface area contributed by atoms with Crippen molar-refractivity contribution in [3.63, 3.8) is 0 Å². The quantitative estimate of drug-likeness (QED) is 0.103. The number of rotatable bonds is 10. The predicted molar refractivity (Wildman–Crippen MR) is 205 cm³/mol. The summed E-state index contributed by atoms with van der Waals surface area (Å²) in [5, 5.41) is 76.8. The van der Waals surface area contributed by atoms with Gasteiger partial charge < -0.3 is 54.9 Å². The van der Waals surface area contributed by atoms with Crippen LogP contribution in [-0.2, 0) is 28.5 Å². The van der Waals surface area contributed by atoms with Gasteiger partial charge in [-0.25, -0.2) is 9.59 Å². The first-order chi connectivity index (χ1) is 27.1. The van der Waals surface area contributed by atoms with Crippen LogP contribution in [-0.4, -0.2) is 127 Å². The minimum absolute atomic E-state index is 0.00282. The number of amides is 1. The fourth-order valence-electron chi connectivity index (χ4n) is 10.1. The summed E-state index contributed by atoms with van der Waals surface area (Å²) in [5.41, 5.74) is -8.08. The van der Waals surface area contributed by atoms with E-state index in [1.807, 2.05) is 13.8 Å². The Balaban J connectivity index is 1.50. The molecule has 15 nitrogen and oxygen atoms in total. The number of carbonyl (C=O) groups is 4. The summed E-state index contributed by atoms with van der Waals surface area (Å²) in [6.45, 7) is 10.2. The number of aliphatic hydroxyl groups is 6. The average molecular weight is 810 g/mol. The molecular formula is C43H55NO14. The van der Waals surface area contributed by atoms with Gasteiger partial charge >= 0.3 is 17.9 Å². The number of fused-ring (bicyclic) bond motifs is 5. The molecule has 7 N–H and O–H groups in total. The van der Waals surface area contributed by atoms with Crippen LogP contribution in [0.25, 0.3) is 0 Å². The molecule has 15 heteroatoms. The molecule has 1 heterocycles. The first kappa shape index (κ1) is 43.4. The Morgan fingerprint density at radius 2 is 1.48 bits per heavy atom. The van der Waals surface area contributed by atoms with E-state index in [2.05, 4.69) is 5.32 Å². The number of hydrogen-bond acceptors (Lipinski definition) is 14. The molecule has 0 aromatic heterocycles. The first-order valence-electron chi connectivity index (χ1n) is 19.6. The molecule has 3 aliphatic carbocycles. The third-order valence-electron chi connectivity index (χ3n) is 13.2. The van der Waals surface area contributed by atoms with Crippen LogP contribution >= 0.6 is 0 Å². The van der Waals surface area contributed by atoms with E-state index in [4.69, 9.17) is 18.9 Å². The van der Waals surface area contributed by atoms with Crippen LogP contribution < -0.4 is 5.32 Å². The van der Waals surface area contributed by atoms with Crippen molar-refractivity contribution in [2.24, 2.45) is 22.7 Å². The van der Waals surface area contributed by atoms with Crippen molar-refractivity contribution in [3.05, 3.63) is 82.9 Å². The van der Waals surface area contributed by atoms with Crippen molar-refractivity contribution in [2.75, 3.05) is 6.61 Å². The Morgan fingerprint density at radius 3 is 2.02 bits per heavy atom. The summed E-state index contributed by atoms with van der Waals surface area (Å²) in [5.74, 6) is -5.34. The zero-order chi connectivity index (χ0) is 42.7. The summed E-state index contributed by atoms with van der Waals surface area (Å²) >= 11 is 0. The predicted octanol–water partition coefficient (Wildman–Crippen LogP) is 1.60. The van der Waals surface area contributed by atoms with Crippen LogP contribution in [0, 0.1) is 22.7 Å². The lowest BCUT2D eigenvalue weighted by molar-refractivity contribution is -0.370. The molecule has 2 saturated carbocycles. The topological polar surface area (TPSA) is 239 Å². The lowest BCUT2D eigenvalue weighted by Gasteiger charge is -2.69. The van der Waals surface area contributed by atoms with Gasteiger partial charge in [0.05, 0.1) is 36.3 Å². The maximum Gasteiger partial charge on any atom is 0.338 e. The summed E-state index contributed by atoms with van der Waals surface area (Å²) in [4.78, 5) is 54.2. The highest BCUT2D eigenvalue weighted by molar-refractivity contribution is 5.94. The van der Waals surface area contributed by atoms with Crippen LogP contribution in [0.1, 0.15) is 82.0 Å². The largest absolute Gasteiger partial charge is 0.455 e. The Bertz CT molecular complexity index is 1920. The summed E-state index contributed by atoms with van der Waals surface area (Å²) in [6, 6.07) is 14.7. The average Bonchev–Trinajstić information content (AvgIpc) is 3.17. The van der Waals surface area contributed by atoms with Crippen molar-refractivity contribution >= 4 is 23.8 Å². The van der Waals surface area contributed by atoms with Gasteiger partial charge in [-0.2, -0.15) is 0 Å². The number of esters is 3. The Hall–Kier alpha value is -4.22. The number of ether oxygens (including phenoxy) is 4. The van der Waals surface area contributed by atoms with E-state index in [-0.39, 0.29) is 47.6 Å². The van der Waals surface area contributed by atoms with Crippen molar-refractivity contribution in [2.45, 2.75) is 127 Å². The maximum atomic E-state index is 14.1.